The number of hydrogen-bond acceptors (Lipinski definition) is 3. The van der Waals surface area contributed by atoms with Gasteiger partial charge in [-0.1, -0.05) is 29.8 Å². The number of ether oxygens (including phenoxy) is 2. The number of halogens is 1. The number of hydrogen-bond donors (Lipinski definition) is 1. The van der Waals surface area contributed by atoms with Crippen LogP contribution in [0.5, 0.6) is 17.2 Å². The highest BCUT2D eigenvalue weighted by Gasteiger charge is 2.10. The molecule has 3 nitrogen and oxygen atoms in total. The van der Waals surface area contributed by atoms with Gasteiger partial charge < -0.3 is 14.8 Å². The molecule has 0 heterocycles. The van der Waals surface area contributed by atoms with Gasteiger partial charge in [-0.3, -0.25) is 0 Å². The van der Waals surface area contributed by atoms with Crippen LogP contribution in [0.4, 0.5) is 0 Å². The van der Waals surface area contributed by atoms with Gasteiger partial charge in [0.2, 0.25) is 0 Å². The molecule has 0 radical (unpaired) electrons. The van der Waals surface area contributed by atoms with E-state index in [1.54, 1.807) is 7.11 Å². The molecule has 2 aromatic carbocycles. The first kappa shape index (κ1) is 13.7. The van der Waals surface area contributed by atoms with Gasteiger partial charge in [-0.05, 0) is 31.3 Å². The maximum atomic E-state index is 6.20. The summed E-state index contributed by atoms with van der Waals surface area (Å²) in [6, 6.07) is 13.1. The standard InChI is InChI=1S/C15H16ClNO2/c1-17-10-11-12(16)6-5-9-13(11)19-15-8-4-3-7-14(15)18-2/h3-9,17H,10H2,1-2H3. The molecule has 0 atom stereocenters. The van der Waals surface area contributed by atoms with Crippen LogP contribution in [0, 0.1) is 0 Å². The highest BCUT2D eigenvalue weighted by atomic mass is 35.5. The van der Waals surface area contributed by atoms with Crippen molar-refractivity contribution in [3.8, 4) is 17.2 Å². The van der Waals surface area contributed by atoms with Crippen molar-refractivity contribution in [1.82, 2.24) is 5.32 Å². The second-order valence-corrected chi connectivity index (χ2v) is 4.41. The summed E-state index contributed by atoms with van der Waals surface area (Å²) in [5.41, 5.74) is 0.928. The predicted molar refractivity (Wildman–Crippen MR) is 77.3 cm³/mol. The molecule has 19 heavy (non-hydrogen) atoms. The van der Waals surface area contributed by atoms with E-state index in [0.717, 1.165) is 11.3 Å². The molecule has 2 aromatic rings. The van der Waals surface area contributed by atoms with Crippen molar-refractivity contribution in [2.75, 3.05) is 14.2 Å². The second kappa shape index (κ2) is 6.45. The average molecular weight is 278 g/mol. The number of rotatable bonds is 5. The number of benzene rings is 2. The van der Waals surface area contributed by atoms with Gasteiger partial charge in [-0.15, -0.1) is 0 Å². The SMILES string of the molecule is CNCc1c(Cl)cccc1Oc1ccccc1OC. The monoisotopic (exact) mass is 277 g/mol. The molecule has 0 amide bonds. The van der Waals surface area contributed by atoms with E-state index in [4.69, 9.17) is 21.1 Å². The van der Waals surface area contributed by atoms with E-state index in [1.165, 1.54) is 0 Å². The molecule has 100 valence electrons. The molecule has 0 saturated carbocycles. The van der Waals surface area contributed by atoms with Crippen LogP contribution in [0.1, 0.15) is 5.56 Å². The van der Waals surface area contributed by atoms with Crippen LogP contribution < -0.4 is 14.8 Å². The Hall–Kier alpha value is -1.71. The normalized spacial score (nSPS) is 10.3. The van der Waals surface area contributed by atoms with Crippen molar-refractivity contribution >= 4 is 11.6 Å². The van der Waals surface area contributed by atoms with Crippen LogP contribution in [-0.4, -0.2) is 14.2 Å². The Kier molecular flexibility index (Phi) is 4.66. The molecule has 0 aliphatic heterocycles. The van der Waals surface area contributed by atoms with Gasteiger partial charge in [0.1, 0.15) is 5.75 Å². The van der Waals surface area contributed by atoms with E-state index >= 15 is 0 Å². The topological polar surface area (TPSA) is 30.5 Å². The second-order valence-electron chi connectivity index (χ2n) is 4.00. The molecule has 1 N–H and O–H groups in total. The highest BCUT2D eigenvalue weighted by molar-refractivity contribution is 6.31. The molecule has 0 spiro atoms. The zero-order valence-electron chi connectivity index (χ0n) is 10.9. The Balaban J connectivity index is 2.35. The van der Waals surface area contributed by atoms with Crippen LogP contribution in [0.3, 0.4) is 0 Å². The number of nitrogens with one attached hydrogen (secondary N) is 1. The third-order valence-corrected chi connectivity index (χ3v) is 3.07. The van der Waals surface area contributed by atoms with Crippen LogP contribution in [-0.2, 0) is 6.54 Å². The third-order valence-electron chi connectivity index (χ3n) is 2.72. The van der Waals surface area contributed by atoms with E-state index in [-0.39, 0.29) is 0 Å². The molecule has 0 fully saturated rings. The van der Waals surface area contributed by atoms with Crippen molar-refractivity contribution < 1.29 is 9.47 Å². The van der Waals surface area contributed by atoms with Gasteiger partial charge >= 0.3 is 0 Å². The predicted octanol–water partition coefficient (Wildman–Crippen LogP) is 3.86. The van der Waals surface area contributed by atoms with Crippen molar-refractivity contribution in [3.05, 3.63) is 53.1 Å². The lowest BCUT2D eigenvalue weighted by Crippen LogP contribution is -2.07. The van der Waals surface area contributed by atoms with Crippen molar-refractivity contribution in [3.63, 3.8) is 0 Å². The summed E-state index contributed by atoms with van der Waals surface area (Å²) in [6.45, 7) is 0.643. The minimum atomic E-state index is 0.643. The minimum Gasteiger partial charge on any atom is -0.493 e. The molecular weight excluding hydrogens is 262 g/mol. The Labute approximate surface area is 118 Å². The summed E-state index contributed by atoms with van der Waals surface area (Å²) in [7, 11) is 3.49. The lowest BCUT2D eigenvalue weighted by molar-refractivity contribution is 0.377. The largest absolute Gasteiger partial charge is 0.493 e. The zero-order chi connectivity index (χ0) is 13.7. The van der Waals surface area contributed by atoms with Gasteiger partial charge in [0, 0.05) is 17.1 Å². The van der Waals surface area contributed by atoms with E-state index < -0.39 is 0 Å². The molecule has 4 heteroatoms. The van der Waals surface area contributed by atoms with Crippen LogP contribution >= 0.6 is 11.6 Å². The lowest BCUT2D eigenvalue weighted by atomic mass is 10.2. The third kappa shape index (κ3) is 3.19. The van der Waals surface area contributed by atoms with Gasteiger partial charge in [0.05, 0.1) is 7.11 Å². The molecular formula is C15H16ClNO2. The van der Waals surface area contributed by atoms with Gasteiger partial charge in [-0.25, -0.2) is 0 Å². The summed E-state index contributed by atoms with van der Waals surface area (Å²) < 4.78 is 11.2. The number of para-hydroxylation sites is 2. The Morgan fingerprint density at radius 3 is 2.37 bits per heavy atom. The number of methoxy groups -OCH3 is 1. The van der Waals surface area contributed by atoms with Gasteiger partial charge in [0.15, 0.2) is 11.5 Å². The minimum absolute atomic E-state index is 0.643. The summed E-state index contributed by atoms with van der Waals surface area (Å²) >= 11 is 6.20. The molecule has 0 aliphatic carbocycles. The van der Waals surface area contributed by atoms with Gasteiger partial charge in [0.25, 0.3) is 0 Å². The fraction of sp³-hybridized carbons (Fsp3) is 0.200. The highest BCUT2D eigenvalue weighted by Crippen LogP contribution is 2.34. The molecule has 2 rings (SSSR count). The average Bonchev–Trinajstić information content (AvgIpc) is 2.43. The van der Waals surface area contributed by atoms with Crippen LogP contribution in [0.2, 0.25) is 5.02 Å². The summed E-state index contributed by atoms with van der Waals surface area (Å²) in [5.74, 6) is 2.09. The van der Waals surface area contributed by atoms with Crippen LogP contribution in [0.25, 0.3) is 0 Å². The quantitative estimate of drug-likeness (QED) is 0.900. The first-order valence-corrected chi connectivity index (χ1v) is 6.37. The van der Waals surface area contributed by atoms with Crippen molar-refractivity contribution in [1.29, 1.82) is 0 Å². The molecule has 0 saturated heterocycles. The Morgan fingerprint density at radius 1 is 1.00 bits per heavy atom. The maximum absolute atomic E-state index is 6.20. The molecule has 0 unspecified atom stereocenters. The maximum Gasteiger partial charge on any atom is 0.169 e. The summed E-state index contributed by atoms with van der Waals surface area (Å²) in [6.07, 6.45) is 0. The Bertz CT molecular complexity index is 558. The first-order valence-electron chi connectivity index (χ1n) is 5.99. The Morgan fingerprint density at radius 2 is 1.68 bits per heavy atom. The van der Waals surface area contributed by atoms with E-state index in [2.05, 4.69) is 5.32 Å². The summed E-state index contributed by atoms with van der Waals surface area (Å²) in [5, 5.41) is 3.77. The van der Waals surface area contributed by atoms with E-state index in [1.807, 2.05) is 49.5 Å². The van der Waals surface area contributed by atoms with Crippen LogP contribution in [0.15, 0.2) is 42.5 Å². The molecule has 0 bridgehead atoms. The summed E-state index contributed by atoms with van der Waals surface area (Å²) in [4.78, 5) is 0. The first-order chi connectivity index (χ1) is 9.26. The molecule has 0 aromatic heterocycles. The lowest BCUT2D eigenvalue weighted by Gasteiger charge is -2.14. The van der Waals surface area contributed by atoms with E-state index in [9.17, 15) is 0 Å². The fourth-order valence-electron chi connectivity index (χ4n) is 1.80. The van der Waals surface area contributed by atoms with Gasteiger partial charge in [-0.2, -0.15) is 0 Å². The smallest absolute Gasteiger partial charge is 0.169 e. The van der Waals surface area contributed by atoms with Crippen molar-refractivity contribution in [2.45, 2.75) is 6.54 Å². The molecule has 0 aliphatic rings. The zero-order valence-corrected chi connectivity index (χ0v) is 11.7. The van der Waals surface area contributed by atoms with E-state index in [0.29, 0.717) is 23.1 Å². The fourth-order valence-corrected chi connectivity index (χ4v) is 2.04. The van der Waals surface area contributed by atoms with Crippen molar-refractivity contribution in [2.24, 2.45) is 0 Å².